The number of hydrogen-bond acceptors (Lipinski definition) is 2. The summed E-state index contributed by atoms with van der Waals surface area (Å²) in [6.07, 6.45) is 4.19. The van der Waals surface area contributed by atoms with E-state index in [4.69, 9.17) is 7.85 Å². The summed E-state index contributed by atoms with van der Waals surface area (Å²) >= 11 is 2.33. The molecule has 1 aliphatic heterocycles. The van der Waals surface area contributed by atoms with Gasteiger partial charge < -0.3 is 9.80 Å². The Morgan fingerprint density at radius 2 is 1.91 bits per heavy atom. The van der Waals surface area contributed by atoms with Crippen LogP contribution in [0.4, 0.5) is 10.5 Å². The number of nitrogens with zero attached hydrogens (tertiary/aromatic N) is 2. The van der Waals surface area contributed by atoms with E-state index < -0.39 is 0 Å². The van der Waals surface area contributed by atoms with Gasteiger partial charge in [0.15, 0.2) is 5.81 Å². The lowest BCUT2D eigenvalue weighted by Gasteiger charge is -2.39. The molecule has 1 amide bonds. The fraction of sp³-hybridized carbons (Fsp3) is 0.471. The molecule has 0 saturated carbocycles. The van der Waals surface area contributed by atoms with Gasteiger partial charge in [0.05, 0.1) is 0 Å². The van der Waals surface area contributed by atoms with E-state index in [9.17, 15) is 4.79 Å². The fourth-order valence-corrected chi connectivity index (χ4v) is 3.14. The van der Waals surface area contributed by atoms with Crippen LogP contribution >= 0.6 is 22.6 Å². The standard InChI is InChI=1S/C17H22BIN2O/c1-13(2)7-12-21(15-5-3-14(19)4-6-15)16-8-10-20(11-9-16)17(18)22/h3-7,16H,8-12H2,1-2H3. The Bertz CT molecular complexity index is 532. The maximum absolute atomic E-state index is 11.3. The third kappa shape index (κ3) is 4.76. The molecule has 2 rings (SSSR count). The molecule has 3 nitrogen and oxygen atoms in total. The fourth-order valence-electron chi connectivity index (χ4n) is 2.78. The number of hydrogen-bond donors (Lipinski definition) is 0. The maximum Gasteiger partial charge on any atom is 0.200 e. The first-order chi connectivity index (χ1) is 10.5. The van der Waals surface area contributed by atoms with Gasteiger partial charge in [0.1, 0.15) is 0 Å². The van der Waals surface area contributed by atoms with Crippen LogP contribution in [0.2, 0.25) is 0 Å². The van der Waals surface area contributed by atoms with Gasteiger partial charge in [-0.3, -0.25) is 4.79 Å². The maximum atomic E-state index is 11.3. The largest absolute Gasteiger partial charge is 0.365 e. The van der Waals surface area contributed by atoms with Crippen molar-refractivity contribution in [2.75, 3.05) is 24.5 Å². The molecule has 1 fully saturated rings. The molecule has 5 heteroatoms. The van der Waals surface area contributed by atoms with Crippen molar-refractivity contribution in [1.29, 1.82) is 0 Å². The molecule has 0 unspecified atom stereocenters. The van der Waals surface area contributed by atoms with Crippen LogP contribution in [-0.2, 0) is 0 Å². The van der Waals surface area contributed by atoms with E-state index in [0.717, 1.165) is 32.5 Å². The number of halogens is 1. The molecule has 0 N–H and O–H groups in total. The number of rotatable bonds is 4. The highest BCUT2D eigenvalue weighted by molar-refractivity contribution is 14.1. The highest BCUT2D eigenvalue weighted by atomic mass is 127. The van der Waals surface area contributed by atoms with Gasteiger partial charge in [-0.1, -0.05) is 11.6 Å². The molecule has 2 radical (unpaired) electrons. The van der Waals surface area contributed by atoms with Crippen LogP contribution < -0.4 is 4.90 Å². The summed E-state index contributed by atoms with van der Waals surface area (Å²) in [5.74, 6) is -0.302. The van der Waals surface area contributed by atoms with E-state index in [-0.39, 0.29) is 5.81 Å². The number of carbonyl (C=O) groups excluding carboxylic acids is 1. The second-order valence-corrected chi connectivity index (χ2v) is 7.21. The summed E-state index contributed by atoms with van der Waals surface area (Å²) in [5, 5.41) is 0. The van der Waals surface area contributed by atoms with Gasteiger partial charge in [-0.05, 0) is 73.5 Å². The van der Waals surface area contributed by atoms with Gasteiger partial charge in [-0.25, -0.2) is 0 Å². The van der Waals surface area contributed by atoms with Crippen molar-refractivity contribution in [3.05, 3.63) is 39.5 Å². The van der Waals surface area contributed by atoms with E-state index in [2.05, 4.69) is 71.7 Å². The second kappa shape index (κ2) is 8.04. The zero-order chi connectivity index (χ0) is 16.1. The summed E-state index contributed by atoms with van der Waals surface area (Å²) in [5.41, 5.74) is 2.57. The van der Waals surface area contributed by atoms with Crippen LogP contribution in [0.3, 0.4) is 0 Å². The highest BCUT2D eigenvalue weighted by Gasteiger charge is 2.25. The van der Waals surface area contributed by atoms with E-state index in [0.29, 0.717) is 6.04 Å². The van der Waals surface area contributed by atoms with E-state index in [1.54, 1.807) is 4.90 Å². The van der Waals surface area contributed by atoms with E-state index >= 15 is 0 Å². The molecule has 22 heavy (non-hydrogen) atoms. The first-order valence-corrected chi connectivity index (χ1v) is 8.75. The monoisotopic (exact) mass is 408 g/mol. The summed E-state index contributed by atoms with van der Waals surface area (Å²) in [6.45, 7) is 6.65. The Balaban J connectivity index is 2.13. The molecule has 1 aromatic rings. The molecular formula is C17H22BIN2O. The lowest BCUT2D eigenvalue weighted by molar-refractivity contribution is 0.203. The summed E-state index contributed by atoms with van der Waals surface area (Å²) < 4.78 is 1.24. The first-order valence-electron chi connectivity index (χ1n) is 7.67. The highest BCUT2D eigenvalue weighted by Crippen LogP contribution is 2.24. The number of carbonyl (C=O) groups is 1. The van der Waals surface area contributed by atoms with Crippen molar-refractivity contribution >= 4 is 41.9 Å². The molecule has 1 heterocycles. The lowest BCUT2D eigenvalue weighted by atomic mass is 9.99. The van der Waals surface area contributed by atoms with E-state index in [1.807, 2.05) is 0 Å². The quantitative estimate of drug-likeness (QED) is 0.430. The van der Waals surface area contributed by atoms with Gasteiger partial charge in [-0.15, -0.1) is 0 Å². The molecule has 0 aliphatic carbocycles. The van der Waals surface area contributed by atoms with Crippen molar-refractivity contribution in [3.63, 3.8) is 0 Å². The molecule has 1 aliphatic rings. The van der Waals surface area contributed by atoms with Crippen LogP contribution in [0, 0.1) is 3.57 Å². The minimum absolute atomic E-state index is 0.302. The SMILES string of the molecule is [B]C(=O)N1CCC(N(CC=C(C)C)c2ccc(I)cc2)CC1. The summed E-state index contributed by atoms with van der Waals surface area (Å²) in [7, 11) is 5.38. The molecule has 0 spiro atoms. The molecule has 0 aromatic heterocycles. The average molecular weight is 408 g/mol. The molecule has 116 valence electrons. The van der Waals surface area contributed by atoms with Crippen molar-refractivity contribution in [3.8, 4) is 0 Å². The Kier molecular flexibility index (Phi) is 6.35. The topological polar surface area (TPSA) is 23.6 Å². The Morgan fingerprint density at radius 1 is 1.32 bits per heavy atom. The van der Waals surface area contributed by atoms with Crippen LogP contribution in [0.1, 0.15) is 26.7 Å². The van der Waals surface area contributed by atoms with Gasteiger partial charge >= 0.3 is 0 Å². The minimum Gasteiger partial charge on any atom is -0.365 e. The van der Waals surface area contributed by atoms with Crippen LogP contribution in [-0.4, -0.2) is 44.2 Å². The zero-order valence-electron chi connectivity index (χ0n) is 13.3. The zero-order valence-corrected chi connectivity index (χ0v) is 15.4. The number of amides is 1. The number of piperidine rings is 1. The third-order valence-electron chi connectivity index (χ3n) is 4.07. The molecule has 1 saturated heterocycles. The molecule has 0 bridgehead atoms. The van der Waals surface area contributed by atoms with Crippen molar-refractivity contribution in [2.24, 2.45) is 0 Å². The number of benzene rings is 1. The van der Waals surface area contributed by atoms with Gasteiger partial charge in [-0.2, -0.15) is 0 Å². The molecule has 1 aromatic carbocycles. The van der Waals surface area contributed by atoms with Crippen LogP contribution in [0.5, 0.6) is 0 Å². The predicted octanol–water partition coefficient (Wildman–Crippen LogP) is 3.82. The smallest absolute Gasteiger partial charge is 0.200 e. The Labute approximate surface area is 148 Å². The predicted molar refractivity (Wildman–Crippen MR) is 102 cm³/mol. The second-order valence-electron chi connectivity index (χ2n) is 5.97. The van der Waals surface area contributed by atoms with Gasteiger partial charge in [0, 0.05) is 34.9 Å². The van der Waals surface area contributed by atoms with Gasteiger partial charge in [0.25, 0.3) is 0 Å². The van der Waals surface area contributed by atoms with E-state index in [1.165, 1.54) is 14.8 Å². The molecular weight excluding hydrogens is 386 g/mol. The first kappa shape index (κ1) is 17.4. The van der Waals surface area contributed by atoms with Crippen molar-refractivity contribution in [1.82, 2.24) is 4.90 Å². The summed E-state index contributed by atoms with van der Waals surface area (Å²) in [4.78, 5) is 15.5. The Morgan fingerprint density at radius 3 is 2.41 bits per heavy atom. The van der Waals surface area contributed by atoms with Gasteiger partial charge in [0.2, 0.25) is 7.85 Å². The minimum atomic E-state index is -0.302. The number of anilines is 1. The number of allylic oxidation sites excluding steroid dienone is 1. The van der Waals surface area contributed by atoms with Crippen molar-refractivity contribution < 1.29 is 4.79 Å². The third-order valence-corrected chi connectivity index (χ3v) is 4.79. The van der Waals surface area contributed by atoms with Crippen molar-refractivity contribution in [2.45, 2.75) is 32.7 Å². The normalized spacial score (nSPS) is 15.5. The van der Waals surface area contributed by atoms with Crippen LogP contribution in [0.15, 0.2) is 35.9 Å². The molecule has 0 atom stereocenters. The number of likely N-dealkylation sites (tertiary alicyclic amines) is 1. The Hall–Kier alpha value is -0.975. The van der Waals surface area contributed by atoms with Crippen LogP contribution in [0.25, 0.3) is 0 Å². The lowest BCUT2D eigenvalue weighted by Crippen LogP contribution is -2.46. The average Bonchev–Trinajstić information content (AvgIpc) is 2.49. The summed E-state index contributed by atoms with van der Waals surface area (Å²) in [6, 6.07) is 9.10.